The van der Waals surface area contributed by atoms with Crippen LogP contribution in [0.25, 0.3) is 0 Å². The quantitative estimate of drug-likeness (QED) is 0.560. The van der Waals surface area contributed by atoms with E-state index in [4.69, 9.17) is 54.7 Å². The van der Waals surface area contributed by atoms with Crippen LogP contribution in [-0.2, 0) is 0 Å². The molecule has 154 valence electrons. The number of anilines is 1. The van der Waals surface area contributed by atoms with Crippen molar-refractivity contribution in [1.82, 2.24) is 5.32 Å². The molecule has 0 spiro atoms. The number of benzene rings is 2. The van der Waals surface area contributed by atoms with Crippen LogP contribution in [0, 0.1) is 0 Å². The molecular weight excluding hydrogens is 443 g/mol. The summed E-state index contributed by atoms with van der Waals surface area (Å²) in [4.78, 5) is 23.6. The summed E-state index contributed by atoms with van der Waals surface area (Å²) >= 11 is 17.2. The number of nitrogens with one attached hydrogen (secondary N) is 2. The Morgan fingerprint density at radius 1 is 0.931 bits per heavy atom. The summed E-state index contributed by atoms with van der Waals surface area (Å²) < 4.78 is 15.6. The van der Waals surface area contributed by atoms with Crippen LogP contribution in [0.4, 0.5) is 5.69 Å². The molecule has 11 heteroatoms. The highest BCUT2D eigenvalue weighted by molar-refractivity contribution is 7.80. The van der Waals surface area contributed by atoms with Crippen molar-refractivity contribution in [3.8, 4) is 17.2 Å². The molecule has 0 atom stereocenters. The molecule has 0 aromatic heterocycles. The largest absolute Gasteiger partial charge is 0.493 e. The number of carboxylic acids is 1. The predicted octanol–water partition coefficient (Wildman–Crippen LogP) is 3.84. The Morgan fingerprint density at radius 2 is 1.45 bits per heavy atom. The Hall–Kier alpha value is -2.75. The topological polar surface area (TPSA) is 106 Å². The Bertz CT molecular complexity index is 935. The predicted molar refractivity (Wildman–Crippen MR) is 113 cm³/mol. The number of ether oxygens (including phenoxy) is 3. The van der Waals surface area contributed by atoms with Crippen LogP contribution in [0.1, 0.15) is 20.7 Å². The van der Waals surface area contributed by atoms with E-state index >= 15 is 0 Å². The molecule has 2 aromatic carbocycles. The first-order chi connectivity index (χ1) is 13.7. The van der Waals surface area contributed by atoms with Crippen molar-refractivity contribution in [2.45, 2.75) is 0 Å². The van der Waals surface area contributed by atoms with Crippen molar-refractivity contribution in [2.24, 2.45) is 0 Å². The van der Waals surface area contributed by atoms with E-state index in [-0.39, 0.29) is 32.0 Å². The molecule has 0 aliphatic carbocycles. The minimum atomic E-state index is -1.18. The fraction of sp³-hybridized carbons (Fsp3) is 0.167. The van der Waals surface area contributed by atoms with E-state index < -0.39 is 11.9 Å². The van der Waals surface area contributed by atoms with E-state index in [0.717, 1.165) is 0 Å². The van der Waals surface area contributed by atoms with Crippen molar-refractivity contribution >= 4 is 58.1 Å². The molecule has 2 aromatic rings. The van der Waals surface area contributed by atoms with Gasteiger partial charge in [0.1, 0.15) is 0 Å². The van der Waals surface area contributed by atoms with Gasteiger partial charge in [0.25, 0.3) is 5.91 Å². The second-order valence-electron chi connectivity index (χ2n) is 5.44. The van der Waals surface area contributed by atoms with E-state index in [1.165, 1.54) is 45.6 Å². The lowest BCUT2D eigenvalue weighted by Crippen LogP contribution is -2.34. The second kappa shape index (κ2) is 9.64. The number of thiocarbonyl (C=S) groups is 1. The average Bonchev–Trinajstić information content (AvgIpc) is 2.68. The Kier molecular flexibility index (Phi) is 7.49. The number of aromatic carboxylic acids is 1. The Morgan fingerprint density at radius 3 is 1.86 bits per heavy atom. The van der Waals surface area contributed by atoms with Crippen molar-refractivity contribution < 1.29 is 28.9 Å². The number of carbonyl (C=O) groups excluding carboxylic acids is 1. The second-order valence-corrected chi connectivity index (χ2v) is 6.66. The minimum absolute atomic E-state index is 0.0271. The molecule has 0 aliphatic rings. The zero-order valence-corrected chi connectivity index (χ0v) is 17.8. The maximum atomic E-state index is 12.6. The number of amides is 1. The van der Waals surface area contributed by atoms with Crippen molar-refractivity contribution in [1.29, 1.82) is 0 Å². The molecule has 0 unspecified atom stereocenters. The molecule has 0 saturated heterocycles. The first-order valence-corrected chi connectivity index (χ1v) is 9.02. The summed E-state index contributed by atoms with van der Waals surface area (Å²) in [6, 6.07) is 5.34. The van der Waals surface area contributed by atoms with Crippen molar-refractivity contribution in [2.75, 3.05) is 26.6 Å². The third-order valence-electron chi connectivity index (χ3n) is 3.68. The first-order valence-electron chi connectivity index (χ1n) is 7.86. The van der Waals surface area contributed by atoms with E-state index in [1.54, 1.807) is 0 Å². The number of methoxy groups -OCH3 is 3. The fourth-order valence-electron chi connectivity index (χ4n) is 2.35. The van der Waals surface area contributed by atoms with Crippen LogP contribution in [0.3, 0.4) is 0 Å². The normalized spacial score (nSPS) is 10.1. The summed E-state index contributed by atoms with van der Waals surface area (Å²) in [6.07, 6.45) is 0. The molecule has 2 rings (SSSR count). The number of halogens is 2. The summed E-state index contributed by atoms with van der Waals surface area (Å²) in [5.74, 6) is -0.809. The molecule has 1 amide bonds. The smallest absolute Gasteiger partial charge is 0.335 e. The summed E-state index contributed by atoms with van der Waals surface area (Å²) in [7, 11) is 4.30. The molecule has 0 heterocycles. The molecule has 3 N–H and O–H groups in total. The fourth-order valence-corrected chi connectivity index (χ4v) is 3.12. The molecular formula is C18H16Cl2N2O6S. The maximum Gasteiger partial charge on any atom is 0.335 e. The highest BCUT2D eigenvalue weighted by Crippen LogP contribution is 2.38. The third-order valence-corrected chi connectivity index (χ3v) is 4.48. The number of carbonyl (C=O) groups is 2. The number of hydrogen-bond acceptors (Lipinski definition) is 6. The van der Waals surface area contributed by atoms with Gasteiger partial charge in [-0.05, 0) is 36.5 Å². The SMILES string of the molecule is COc1cc(C(=O)NC(=S)Nc2c(Cl)cc(C(=O)O)cc2Cl)cc(OC)c1OC. The highest BCUT2D eigenvalue weighted by Gasteiger charge is 2.19. The molecule has 29 heavy (non-hydrogen) atoms. The Labute approximate surface area is 181 Å². The van der Waals surface area contributed by atoms with Crippen molar-refractivity contribution in [3.05, 3.63) is 45.4 Å². The van der Waals surface area contributed by atoms with Gasteiger partial charge in [-0.25, -0.2) is 4.79 Å². The zero-order chi connectivity index (χ0) is 21.7. The third kappa shape index (κ3) is 5.20. The van der Waals surface area contributed by atoms with E-state index in [9.17, 15) is 9.59 Å². The first kappa shape index (κ1) is 22.5. The van der Waals surface area contributed by atoms with Crippen LogP contribution < -0.4 is 24.8 Å². The standard InChI is InChI=1S/C18H16Cl2N2O6S/c1-26-12-6-8(7-13(27-2)15(12)28-3)16(23)22-18(29)21-14-10(19)4-9(17(24)25)5-11(14)20/h4-7H,1-3H3,(H,24,25)(H2,21,22,23,29). The van der Waals surface area contributed by atoms with E-state index in [0.29, 0.717) is 17.2 Å². The van der Waals surface area contributed by atoms with Gasteiger partial charge in [0, 0.05) is 5.56 Å². The monoisotopic (exact) mass is 458 g/mol. The van der Waals surface area contributed by atoms with Gasteiger partial charge in [0.2, 0.25) is 5.75 Å². The lowest BCUT2D eigenvalue weighted by Gasteiger charge is -2.15. The van der Waals surface area contributed by atoms with Gasteiger partial charge < -0.3 is 24.6 Å². The van der Waals surface area contributed by atoms with Crippen molar-refractivity contribution in [3.63, 3.8) is 0 Å². The van der Waals surface area contributed by atoms with Crippen LogP contribution in [0.2, 0.25) is 10.0 Å². The molecule has 0 saturated carbocycles. The number of carboxylic acid groups (broad SMARTS) is 1. The van der Waals surface area contributed by atoms with Gasteiger partial charge in [0.15, 0.2) is 16.6 Å². The lowest BCUT2D eigenvalue weighted by molar-refractivity contribution is 0.0696. The van der Waals surface area contributed by atoms with Gasteiger partial charge in [-0.15, -0.1) is 0 Å². The number of hydrogen-bond donors (Lipinski definition) is 3. The molecule has 8 nitrogen and oxygen atoms in total. The van der Waals surface area contributed by atoms with E-state index in [2.05, 4.69) is 10.6 Å². The average molecular weight is 459 g/mol. The van der Waals surface area contributed by atoms with Crippen LogP contribution in [-0.4, -0.2) is 43.4 Å². The zero-order valence-electron chi connectivity index (χ0n) is 15.5. The van der Waals surface area contributed by atoms with E-state index in [1.807, 2.05) is 0 Å². The van der Waals surface area contributed by atoms with Crippen LogP contribution in [0.5, 0.6) is 17.2 Å². The van der Waals surface area contributed by atoms with Crippen LogP contribution in [0.15, 0.2) is 24.3 Å². The molecule has 0 fully saturated rings. The van der Waals surface area contributed by atoms with Gasteiger partial charge in [0.05, 0.1) is 42.6 Å². The molecule has 0 radical (unpaired) electrons. The Balaban J connectivity index is 2.22. The highest BCUT2D eigenvalue weighted by atomic mass is 35.5. The maximum absolute atomic E-state index is 12.6. The summed E-state index contributed by atoms with van der Waals surface area (Å²) in [5, 5.41) is 14.1. The van der Waals surface area contributed by atoms with Crippen LogP contribution >= 0.6 is 35.4 Å². The molecule has 0 aliphatic heterocycles. The van der Waals surface area contributed by atoms with Gasteiger partial charge in [-0.1, -0.05) is 23.2 Å². The summed E-state index contributed by atoms with van der Waals surface area (Å²) in [6.45, 7) is 0. The molecule has 0 bridgehead atoms. The van der Waals surface area contributed by atoms with Gasteiger partial charge >= 0.3 is 5.97 Å². The minimum Gasteiger partial charge on any atom is -0.493 e. The lowest BCUT2D eigenvalue weighted by atomic mass is 10.1. The summed E-state index contributed by atoms with van der Waals surface area (Å²) in [5.41, 5.74) is 0.272. The number of rotatable bonds is 6. The van der Waals surface area contributed by atoms with Gasteiger partial charge in [-0.2, -0.15) is 0 Å². The van der Waals surface area contributed by atoms with Gasteiger partial charge in [-0.3, -0.25) is 10.1 Å².